The van der Waals surface area contributed by atoms with Gasteiger partial charge in [0.15, 0.2) is 0 Å². The Morgan fingerprint density at radius 1 is 1.20 bits per heavy atom. The molecule has 4 heteroatoms. The topological polar surface area (TPSA) is 40.9 Å². The quantitative estimate of drug-likeness (QED) is 0.865. The first kappa shape index (κ1) is 14.4. The molecule has 0 heterocycles. The van der Waals surface area contributed by atoms with Crippen molar-refractivity contribution in [1.29, 1.82) is 5.26 Å². The average molecular weight is 287 g/mol. The van der Waals surface area contributed by atoms with Crippen molar-refractivity contribution in [2.45, 2.75) is 24.5 Å². The minimum absolute atomic E-state index is 0.205. The number of aryl methyl sites for hydroxylation is 2. The van der Waals surface area contributed by atoms with Gasteiger partial charge in [-0.3, -0.25) is 4.21 Å². The van der Waals surface area contributed by atoms with Crippen molar-refractivity contribution in [3.8, 4) is 6.07 Å². The number of benzene rings is 2. The molecule has 0 aliphatic heterocycles. The lowest BCUT2D eigenvalue weighted by Gasteiger charge is -2.08. The zero-order valence-electron chi connectivity index (χ0n) is 11.3. The molecule has 1 unspecified atom stereocenters. The molecule has 1 atom stereocenters. The zero-order valence-corrected chi connectivity index (χ0v) is 12.1. The van der Waals surface area contributed by atoms with Crippen LogP contribution in [0.1, 0.15) is 22.3 Å². The molecule has 0 amide bonds. The van der Waals surface area contributed by atoms with Crippen molar-refractivity contribution in [3.05, 3.63) is 64.5 Å². The van der Waals surface area contributed by atoms with Crippen molar-refractivity contribution in [2.75, 3.05) is 0 Å². The minimum Gasteiger partial charge on any atom is -0.254 e. The Hall–Kier alpha value is -1.99. The fraction of sp³-hybridized carbons (Fsp3) is 0.188. The summed E-state index contributed by atoms with van der Waals surface area (Å²) in [4.78, 5) is 0.757. The first-order chi connectivity index (χ1) is 9.49. The summed E-state index contributed by atoms with van der Waals surface area (Å²) in [7, 11) is -1.25. The Balaban J connectivity index is 2.30. The molecule has 102 valence electrons. The van der Waals surface area contributed by atoms with Crippen LogP contribution >= 0.6 is 0 Å². The van der Waals surface area contributed by atoms with E-state index in [9.17, 15) is 8.60 Å². The molecule has 0 saturated heterocycles. The van der Waals surface area contributed by atoms with Gasteiger partial charge in [0.05, 0.1) is 28.2 Å². The average Bonchev–Trinajstić information content (AvgIpc) is 2.40. The fourth-order valence-corrected chi connectivity index (χ4v) is 3.35. The maximum absolute atomic E-state index is 13.4. The molecule has 0 radical (unpaired) electrons. The predicted molar refractivity (Wildman–Crippen MR) is 77.1 cm³/mol. The maximum atomic E-state index is 13.4. The second-order valence-electron chi connectivity index (χ2n) is 4.72. The van der Waals surface area contributed by atoms with Crippen LogP contribution in [-0.2, 0) is 16.6 Å². The Bertz CT molecular complexity index is 719. The third-order valence-electron chi connectivity index (χ3n) is 2.97. The van der Waals surface area contributed by atoms with E-state index in [1.54, 1.807) is 6.07 Å². The SMILES string of the molecule is Cc1ccc(C)c(S(=O)Cc2cc(F)cc(C#N)c2)c1. The summed E-state index contributed by atoms with van der Waals surface area (Å²) in [6.07, 6.45) is 0. The zero-order chi connectivity index (χ0) is 14.7. The summed E-state index contributed by atoms with van der Waals surface area (Å²) in [5, 5.41) is 8.83. The van der Waals surface area contributed by atoms with Crippen LogP contribution < -0.4 is 0 Å². The summed E-state index contributed by atoms with van der Waals surface area (Å²) < 4.78 is 25.8. The lowest BCUT2D eigenvalue weighted by Crippen LogP contribution is -2.00. The van der Waals surface area contributed by atoms with Crippen molar-refractivity contribution >= 4 is 10.8 Å². The molecule has 0 aromatic heterocycles. The van der Waals surface area contributed by atoms with Crippen LogP contribution in [0, 0.1) is 31.0 Å². The summed E-state index contributed by atoms with van der Waals surface area (Å²) in [5.74, 6) is -0.270. The molecular formula is C16H14FNOS. The van der Waals surface area contributed by atoms with Crippen LogP contribution in [0.25, 0.3) is 0 Å². The molecule has 0 spiro atoms. The highest BCUT2D eigenvalue weighted by atomic mass is 32.2. The molecule has 0 aliphatic carbocycles. The number of hydrogen-bond donors (Lipinski definition) is 0. The summed E-state index contributed by atoms with van der Waals surface area (Å²) in [5.41, 5.74) is 2.81. The smallest absolute Gasteiger partial charge is 0.124 e. The molecule has 0 bridgehead atoms. The van der Waals surface area contributed by atoms with Crippen molar-refractivity contribution in [3.63, 3.8) is 0 Å². The van der Waals surface area contributed by atoms with E-state index in [4.69, 9.17) is 5.26 Å². The molecule has 2 rings (SSSR count). The second-order valence-corrected chi connectivity index (χ2v) is 6.14. The van der Waals surface area contributed by atoms with Crippen molar-refractivity contribution in [2.24, 2.45) is 0 Å². The van der Waals surface area contributed by atoms with Gasteiger partial charge in [0, 0.05) is 4.90 Å². The molecule has 2 nitrogen and oxygen atoms in total. The van der Waals surface area contributed by atoms with Crippen LogP contribution in [0.3, 0.4) is 0 Å². The summed E-state index contributed by atoms with van der Waals surface area (Å²) in [6, 6.07) is 11.7. The monoisotopic (exact) mass is 287 g/mol. The van der Waals surface area contributed by atoms with Crippen LogP contribution in [0.2, 0.25) is 0 Å². The van der Waals surface area contributed by atoms with Crippen LogP contribution in [0.15, 0.2) is 41.3 Å². The standard InChI is InChI=1S/C16H14FNOS/c1-11-3-4-12(2)16(5-11)20(19)10-14-6-13(9-18)7-15(17)8-14/h3-8H,10H2,1-2H3. The Morgan fingerprint density at radius 2 is 1.95 bits per heavy atom. The first-order valence-electron chi connectivity index (χ1n) is 6.15. The van der Waals surface area contributed by atoms with Gasteiger partial charge in [-0.2, -0.15) is 5.26 Å². The normalized spacial score (nSPS) is 11.9. The number of rotatable bonds is 3. The highest BCUT2D eigenvalue weighted by Crippen LogP contribution is 2.19. The van der Waals surface area contributed by atoms with E-state index in [2.05, 4.69) is 0 Å². The second kappa shape index (κ2) is 5.98. The Labute approximate surface area is 120 Å². The minimum atomic E-state index is -1.25. The Morgan fingerprint density at radius 3 is 2.65 bits per heavy atom. The largest absolute Gasteiger partial charge is 0.254 e. The summed E-state index contributed by atoms with van der Waals surface area (Å²) in [6.45, 7) is 3.84. The molecule has 2 aromatic carbocycles. The third-order valence-corrected chi connectivity index (χ3v) is 4.50. The van der Waals surface area contributed by atoms with Gasteiger partial charge in [-0.25, -0.2) is 4.39 Å². The van der Waals surface area contributed by atoms with E-state index in [1.165, 1.54) is 12.1 Å². The van der Waals surface area contributed by atoms with E-state index in [0.29, 0.717) is 5.56 Å². The molecule has 0 saturated carbocycles. The first-order valence-corrected chi connectivity index (χ1v) is 7.46. The summed E-state index contributed by atoms with van der Waals surface area (Å²) >= 11 is 0. The fourth-order valence-electron chi connectivity index (χ4n) is 1.98. The van der Waals surface area contributed by atoms with E-state index in [0.717, 1.165) is 16.0 Å². The van der Waals surface area contributed by atoms with E-state index in [-0.39, 0.29) is 11.3 Å². The van der Waals surface area contributed by atoms with Gasteiger partial charge in [-0.15, -0.1) is 0 Å². The number of hydrogen-bond acceptors (Lipinski definition) is 2. The van der Waals surface area contributed by atoms with Crippen molar-refractivity contribution in [1.82, 2.24) is 0 Å². The molecule has 2 aromatic rings. The molecule has 0 fully saturated rings. The van der Waals surface area contributed by atoms with Gasteiger partial charge in [-0.05, 0) is 54.8 Å². The molecule has 20 heavy (non-hydrogen) atoms. The third kappa shape index (κ3) is 3.31. The molecule has 0 aliphatic rings. The van der Waals surface area contributed by atoms with E-state index >= 15 is 0 Å². The van der Waals surface area contributed by atoms with Gasteiger partial charge in [0.25, 0.3) is 0 Å². The van der Waals surface area contributed by atoms with Crippen LogP contribution in [-0.4, -0.2) is 4.21 Å². The van der Waals surface area contributed by atoms with Crippen LogP contribution in [0.4, 0.5) is 4.39 Å². The van der Waals surface area contributed by atoms with E-state index in [1.807, 2.05) is 38.1 Å². The predicted octanol–water partition coefficient (Wildman–Crippen LogP) is 3.62. The highest BCUT2D eigenvalue weighted by Gasteiger charge is 2.10. The van der Waals surface area contributed by atoms with Gasteiger partial charge in [0.2, 0.25) is 0 Å². The lowest BCUT2D eigenvalue weighted by molar-refractivity contribution is 0.625. The van der Waals surface area contributed by atoms with Gasteiger partial charge >= 0.3 is 0 Å². The van der Waals surface area contributed by atoms with Crippen LogP contribution in [0.5, 0.6) is 0 Å². The lowest BCUT2D eigenvalue weighted by atomic mass is 10.1. The van der Waals surface area contributed by atoms with Gasteiger partial charge < -0.3 is 0 Å². The number of halogens is 1. The number of nitrogens with zero attached hydrogens (tertiary/aromatic N) is 1. The number of nitriles is 1. The van der Waals surface area contributed by atoms with Gasteiger partial charge in [-0.1, -0.05) is 12.1 Å². The van der Waals surface area contributed by atoms with Crippen molar-refractivity contribution < 1.29 is 8.60 Å². The molecule has 0 N–H and O–H groups in total. The highest BCUT2D eigenvalue weighted by molar-refractivity contribution is 7.84. The maximum Gasteiger partial charge on any atom is 0.124 e. The van der Waals surface area contributed by atoms with E-state index < -0.39 is 16.6 Å². The van der Waals surface area contributed by atoms with Gasteiger partial charge in [0.1, 0.15) is 5.82 Å². The Kier molecular flexibility index (Phi) is 4.31. The molecular weight excluding hydrogens is 273 g/mol.